The lowest BCUT2D eigenvalue weighted by Gasteiger charge is -2.31. The molecule has 1 aromatic carbocycles. The average Bonchev–Trinajstić information content (AvgIpc) is 3.61. The molecule has 1 aliphatic rings. The molecule has 0 atom stereocenters. The fourth-order valence-electron chi connectivity index (χ4n) is 4.99. The predicted octanol–water partition coefficient (Wildman–Crippen LogP) is 0.255. The van der Waals surface area contributed by atoms with Gasteiger partial charge >= 0.3 is 6.18 Å². The minimum atomic E-state index is -4.68. The van der Waals surface area contributed by atoms with Crippen LogP contribution in [0, 0.1) is 6.92 Å². The van der Waals surface area contributed by atoms with Crippen molar-refractivity contribution in [2.45, 2.75) is 48.8 Å². The molecule has 0 unspecified atom stereocenters. The van der Waals surface area contributed by atoms with Crippen LogP contribution in [0.1, 0.15) is 29.5 Å². The van der Waals surface area contributed by atoms with E-state index < -0.39 is 21.8 Å². The first-order chi connectivity index (χ1) is 20.6. The van der Waals surface area contributed by atoms with Crippen molar-refractivity contribution in [3.8, 4) is 16.9 Å². The molecule has 4 aromatic rings. The van der Waals surface area contributed by atoms with Gasteiger partial charge in [-0.1, -0.05) is 17.4 Å². The zero-order chi connectivity index (χ0) is 31.9. The molecular weight excluding hydrogens is 592 g/mol. The van der Waals surface area contributed by atoms with E-state index >= 15 is 0 Å². The molecular formula is C26H33B3F3N9O2S. The van der Waals surface area contributed by atoms with E-state index in [9.17, 15) is 21.6 Å². The topological polar surface area (TPSA) is 123 Å². The third-order valence-electron chi connectivity index (χ3n) is 7.36. The summed E-state index contributed by atoms with van der Waals surface area (Å²) in [4.78, 5) is 8.21. The summed E-state index contributed by atoms with van der Waals surface area (Å²) in [6.07, 6.45) is 1.38. The Morgan fingerprint density at radius 2 is 1.82 bits per heavy atom. The van der Waals surface area contributed by atoms with Crippen LogP contribution in [0.3, 0.4) is 0 Å². The van der Waals surface area contributed by atoms with Crippen molar-refractivity contribution in [2.75, 3.05) is 18.4 Å². The maximum Gasteiger partial charge on any atom is 0.419 e. The maximum absolute atomic E-state index is 14.0. The number of halogens is 3. The van der Waals surface area contributed by atoms with Crippen LogP contribution in [0.4, 0.5) is 19.1 Å². The van der Waals surface area contributed by atoms with Crippen molar-refractivity contribution in [3.63, 3.8) is 0 Å². The van der Waals surface area contributed by atoms with Crippen LogP contribution in [-0.2, 0) is 29.8 Å². The van der Waals surface area contributed by atoms with Crippen LogP contribution < -0.4 is 10.6 Å². The van der Waals surface area contributed by atoms with E-state index in [0.29, 0.717) is 19.4 Å². The van der Waals surface area contributed by atoms with Gasteiger partial charge in [-0.3, -0.25) is 4.68 Å². The number of nitrogens with zero attached hydrogens (tertiary/aromatic N) is 7. The molecule has 0 saturated carbocycles. The first-order valence-electron chi connectivity index (χ1n) is 14.2. The van der Waals surface area contributed by atoms with Gasteiger partial charge in [-0.05, 0) is 43.0 Å². The summed E-state index contributed by atoms with van der Waals surface area (Å²) in [5, 5.41) is 14.8. The number of rotatable bonds is 9. The number of aryl methyl sites for hydroxylation is 2. The third-order valence-corrected chi connectivity index (χ3v) is 9.15. The number of aromatic nitrogens is 6. The molecule has 3 aromatic heterocycles. The summed E-state index contributed by atoms with van der Waals surface area (Å²) in [7, 11) is 4.17. The molecule has 11 nitrogen and oxygen atoms in total. The van der Waals surface area contributed by atoms with Crippen LogP contribution in [-0.4, -0.2) is 90.2 Å². The molecule has 0 amide bonds. The zero-order valence-electron chi connectivity index (χ0n) is 25.2. The van der Waals surface area contributed by atoms with Gasteiger partial charge < -0.3 is 10.6 Å². The molecule has 230 valence electrons. The van der Waals surface area contributed by atoms with E-state index in [-0.39, 0.29) is 46.6 Å². The number of hydrogen-bond donors (Lipinski definition) is 2. The fraction of sp³-hybridized carbons (Fsp3) is 0.385. The highest BCUT2D eigenvalue weighted by Crippen LogP contribution is 2.36. The van der Waals surface area contributed by atoms with Crippen LogP contribution in [0.5, 0.6) is 0 Å². The SMILES string of the molecule is BC(B)(B)NCc1ccc(-n2cc(-c3nc(NC4CCN(S(=O)(=O)c5ccn(C)n5)CC4)ncc3C(F)(F)F)cn2)c(C)c1. The maximum atomic E-state index is 14.0. The monoisotopic (exact) mass is 625 g/mol. The summed E-state index contributed by atoms with van der Waals surface area (Å²) < 4.78 is 72.1. The number of hydrogen-bond acceptors (Lipinski definition) is 8. The van der Waals surface area contributed by atoms with Crippen molar-refractivity contribution in [1.82, 2.24) is 39.2 Å². The smallest absolute Gasteiger partial charge is 0.351 e. The second-order valence-corrected chi connectivity index (χ2v) is 13.9. The minimum absolute atomic E-state index is 0.0219. The molecule has 1 saturated heterocycles. The molecule has 0 radical (unpaired) electrons. The van der Waals surface area contributed by atoms with Gasteiger partial charge in [0.15, 0.2) is 5.03 Å². The minimum Gasteiger partial charge on any atom is -0.351 e. The van der Waals surface area contributed by atoms with Gasteiger partial charge in [0.1, 0.15) is 29.1 Å². The molecule has 0 spiro atoms. The first kappa shape index (κ1) is 31.8. The van der Waals surface area contributed by atoms with Gasteiger partial charge in [0, 0.05) is 56.9 Å². The number of sulfonamides is 1. The number of nitrogens with one attached hydrogen (secondary N) is 2. The van der Waals surface area contributed by atoms with Crippen LogP contribution >= 0.6 is 0 Å². The van der Waals surface area contributed by atoms with Gasteiger partial charge in [0.25, 0.3) is 10.0 Å². The molecule has 0 aliphatic carbocycles. The zero-order valence-corrected chi connectivity index (χ0v) is 26.0. The molecule has 1 fully saturated rings. The summed E-state index contributed by atoms with van der Waals surface area (Å²) in [5.74, 6) is 0.0265. The Labute approximate surface area is 256 Å². The molecule has 1 aliphatic heterocycles. The second kappa shape index (κ2) is 12.0. The van der Waals surface area contributed by atoms with E-state index in [1.54, 1.807) is 17.9 Å². The summed E-state index contributed by atoms with van der Waals surface area (Å²) in [5.41, 5.74) is 1.67. The quantitative estimate of drug-likeness (QED) is 0.254. The van der Waals surface area contributed by atoms with E-state index in [2.05, 4.69) is 54.3 Å². The summed E-state index contributed by atoms with van der Waals surface area (Å²) >= 11 is 0. The number of anilines is 1. The van der Waals surface area contributed by atoms with Crippen LogP contribution in [0.15, 0.2) is 54.1 Å². The van der Waals surface area contributed by atoms with E-state index in [0.717, 1.165) is 23.0 Å². The van der Waals surface area contributed by atoms with Crippen LogP contribution in [0.25, 0.3) is 16.9 Å². The van der Waals surface area contributed by atoms with Gasteiger partial charge in [-0.2, -0.15) is 27.7 Å². The highest BCUT2D eigenvalue weighted by Gasteiger charge is 2.36. The standard InChI is InChI=1S/C26H33B3F3N9O2S/c1-16-11-17(12-34-26(27,28)29)3-4-21(16)41-15-18(13-35-41)23-20(25(30,31)32)14-33-24(37-23)36-19-5-9-40(10-6-19)44(42,43)22-7-8-39(2)38-22/h3-4,7-8,11,13-15,19,34H,5-6,9-10,12,27-29H2,1-2H3,(H,33,36,37). The number of benzene rings is 1. The third kappa shape index (κ3) is 7.19. The van der Waals surface area contributed by atoms with Crippen molar-refractivity contribution < 1.29 is 21.6 Å². The van der Waals surface area contributed by atoms with Crippen LogP contribution in [0.2, 0.25) is 0 Å². The Morgan fingerprint density at radius 1 is 1.09 bits per heavy atom. The molecule has 44 heavy (non-hydrogen) atoms. The number of piperidine rings is 1. The van der Waals surface area contributed by atoms with Crippen molar-refractivity contribution in [1.29, 1.82) is 0 Å². The fourth-order valence-corrected chi connectivity index (χ4v) is 6.42. The summed E-state index contributed by atoms with van der Waals surface area (Å²) in [6.45, 7) is 3.06. The lowest BCUT2D eigenvalue weighted by Crippen LogP contribution is -2.46. The lowest BCUT2D eigenvalue weighted by atomic mass is 9.49. The lowest BCUT2D eigenvalue weighted by molar-refractivity contribution is -0.137. The Hall–Kier alpha value is -3.63. The van der Waals surface area contributed by atoms with Crippen molar-refractivity contribution >= 4 is 39.5 Å². The molecule has 0 bridgehead atoms. The molecule has 2 N–H and O–H groups in total. The number of alkyl halides is 3. The van der Waals surface area contributed by atoms with Gasteiger partial charge in [0.05, 0.1) is 17.6 Å². The summed E-state index contributed by atoms with van der Waals surface area (Å²) in [6, 6.07) is 7.09. The Balaban J connectivity index is 1.33. The van der Waals surface area contributed by atoms with Crippen molar-refractivity contribution in [2.24, 2.45) is 7.05 Å². The second-order valence-electron chi connectivity index (χ2n) is 12.0. The van der Waals surface area contributed by atoms with E-state index in [1.807, 2.05) is 25.1 Å². The normalized spacial score (nSPS) is 15.5. The Kier molecular flexibility index (Phi) is 8.70. The average molecular weight is 625 g/mol. The van der Waals surface area contributed by atoms with Gasteiger partial charge in [0.2, 0.25) is 5.95 Å². The first-order valence-corrected chi connectivity index (χ1v) is 15.6. The Morgan fingerprint density at radius 3 is 2.43 bits per heavy atom. The predicted molar refractivity (Wildman–Crippen MR) is 168 cm³/mol. The molecule has 18 heteroatoms. The largest absolute Gasteiger partial charge is 0.419 e. The Bertz CT molecular complexity index is 1750. The van der Waals surface area contributed by atoms with Gasteiger partial charge in [-0.25, -0.2) is 23.1 Å². The van der Waals surface area contributed by atoms with Gasteiger partial charge in [-0.15, -0.1) is 0 Å². The van der Waals surface area contributed by atoms with E-state index in [1.165, 1.54) is 27.4 Å². The molecule has 5 rings (SSSR count). The highest BCUT2D eigenvalue weighted by atomic mass is 32.2. The van der Waals surface area contributed by atoms with E-state index in [4.69, 9.17) is 0 Å². The molecule has 4 heterocycles. The highest BCUT2D eigenvalue weighted by molar-refractivity contribution is 7.89. The van der Waals surface area contributed by atoms with Crippen molar-refractivity contribution in [3.05, 3.63) is 65.7 Å².